The molecule has 0 fully saturated rings. The largest absolute Gasteiger partial charge is 0.455 e. The Morgan fingerprint density at radius 2 is 2.10 bits per heavy atom. The van der Waals surface area contributed by atoms with E-state index in [9.17, 15) is 13.2 Å². The molecule has 0 aromatic carbocycles. The van der Waals surface area contributed by atoms with Crippen LogP contribution in [0.15, 0.2) is 15.4 Å². The summed E-state index contributed by atoms with van der Waals surface area (Å²) >= 11 is 0. The number of furan rings is 1. The Morgan fingerprint density at radius 3 is 2.60 bits per heavy atom. The van der Waals surface area contributed by atoms with Crippen LogP contribution in [0, 0.1) is 6.92 Å². The Kier molecular flexibility index (Phi) is 5.76. The molecule has 1 aromatic heterocycles. The van der Waals surface area contributed by atoms with Gasteiger partial charge in [0.15, 0.2) is 5.76 Å². The summed E-state index contributed by atoms with van der Waals surface area (Å²) in [6.07, 6.45) is 4.16. The Labute approximate surface area is 119 Å². The lowest BCUT2D eigenvalue weighted by atomic mass is 10.1. The van der Waals surface area contributed by atoms with Crippen molar-refractivity contribution in [3.8, 4) is 0 Å². The third-order valence-electron chi connectivity index (χ3n) is 3.02. The molecule has 1 unspecified atom stereocenters. The summed E-state index contributed by atoms with van der Waals surface area (Å²) in [7, 11) is -3.87. The van der Waals surface area contributed by atoms with Gasteiger partial charge in [0.25, 0.3) is 5.91 Å². The van der Waals surface area contributed by atoms with E-state index in [0.29, 0.717) is 0 Å². The fourth-order valence-corrected chi connectivity index (χ4v) is 2.64. The zero-order chi connectivity index (χ0) is 15.3. The molecule has 0 radical (unpaired) electrons. The fraction of sp³-hybridized carbons (Fsp3) is 0.615. The van der Waals surface area contributed by atoms with Gasteiger partial charge in [-0.25, -0.2) is 13.6 Å². The highest BCUT2D eigenvalue weighted by molar-refractivity contribution is 7.89. The second kappa shape index (κ2) is 6.90. The molecule has 1 rings (SSSR count). The minimum absolute atomic E-state index is 0.0115. The highest BCUT2D eigenvalue weighted by Crippen LogP contribution is 2.18. The predicted octanol–water partition coefficient (Wildman–Crippen LogP) is 1.93. The van der Waals surface area contributed by atoms with Gasteiger partial charge in [-0.1, -0.05) is 26.2 Å². The fourth-order valence-electron chi connectivity index (χ4n) is 1.93. The number of nitrogens with one attached hydrogen (secondary N) is 1. The predicted molar refractivity (Wildman–Crippen MR) is 75.9 cm³/mol. The van der Waals surface area contributed by atoms with Gasteiger partial charge in [-0.15, -0.1) is 0 Å². The summed E-state index contributed by atoms with van der Waals surface area (Å²) in [5.74, 6) is -0.336. The summed E-state index contributed by atoms with van der Waals surface area (Å²) in [6.45, 7) is 5.48. The summed E-state index contributed by atoms with van der Waals surface area (Å²) in [5, 5.41) is 7.81. The quantitative estimate of drug-likeness (QED) is 0.751. The second-order valence-electron chi connectivity index (χ2n) is 4.95. The number of carbonyl (C=O) groups excluding carboxylic acids is 1. The number of rotatable bonds is 7. The summed E-state index contributed by atoms with van der Waals surface area (Å²) in [4.78, 5) is 11.8. The second-order valence-corrected chi connectivity index (χ2v) is 6.48. The van der Waals surface area contributed by atoms with Gasteiger partial charge in [-0.2, -0.15) is 0 Å². The normalized spacial score (nSPS) is 13.2. The van der Waals surface area contributed by atoms with Crippen LogP contribution in [0.25, 0.3) is 0 Å². The van der Waals surface area contributed by atoms with Gasteiger partial charge in [0.1, 0.15) is 10.7 Å². The molecule has 1 aromatic rings. The third-order valence-corrected chi connectivity index (χ3v) is 4.04. The van der Waals surface area contributed by atoms with E-state index >= 15 is 0 Å². The summed E-state index contributed by atoms with van der Waals surface area (Å²) in [6, 6.07) is 1.18. The van der Waals surface area contributed by atoms with Crippen LogP contribution in [-0.4, -0.2) is 20.4 Å². The maximum atomic E-state index is 11.9. The van der Waals surface area contributed by atoms with Crippen molar-refractivity contribution in [3.63, 3.8) is 0 Å². The number of sulfonamides is 1. The van der Waals surface area contributed by atoms with E-state index in [2.05, 4.69) is 12.2 Å². The van der Waals surface area contributed by atoms with E-state index in [1.54, 1.807) is 0 Å². The summed E-state index contributed by atoms with van der Waals surface area (Å²) in [5.41, 5.74) is 0. The number of hydrogen-bond acceptors (Lipinski definition) is 4. The number of aryl methyl sites for hydroxylation is 1. The number of amides is 1. The molecule has 0 saturated carbocycles. The number of nitrogens with two attached hydrogens (primary N) is 1. The van der Waals surface area contributed by atoms with Crippen LogP contribution in [0.2, 0.25) is 0 Å². The van der Waals surface area contributed by atoms with Crippen molar-refractivity contribution in [2.45, 2.75) is 57.4 Å². The first kappa shape index (κ1) is 16.7. The number of unbranched alkanes of at least 4 members (excludes halogenated alkanes) is 2. The van der Waals surface area contributed by atoms with Gasteiger partial charge in [0.05, 0.1) is 0 Å². The van der Waals surface area contributed by atoms with Gasteiger partial charge in [-0.05, 0) is 20.3 Å². The van der Waals surface area contributed by atoms with E-state index < -0.39 is 15.9 Å². The van der Waals surface area contributed by atoms with Crippen molar-refractivity contribution >= 4 is 15.9 Å². The lowest BCUT2D eigenvalue weighted by Crippen LogP contribution is -2.32. The van der Waals surface area contributed by atoms with Crippen molar-refractivity contribution in [2.75, 3.05) is 0 Å². The van der Waals surface area contributed by atoms with Crippen molar-refractivity contribution in [1.29, 1.82) is 0 Å². The minimum atomic E-state index is -3.87. The van der Waals surface area contributed by atoms with Crippen molar-refractivity contribution in [1.82, 2.24) is 5.32 Å². The average Bonchev–Trinajstić information content (AvgIpc) is 2.71. The van der Waals surface area contributed by atoms with Crippen molar-refractivity contribution in [3.05, 3.63) is 17.6 Å². The molecular weight excluding hydrogens is 280 g/mol. The first-order valence-electron chi connectivity index (χ1n) is 6.69. The van der Waals surface area contributed by atoms with E-state index in [1.807, 2.05) is 6.92 Å². The topological polar surface area (TPSA) is 102 Å². The van der Waals surface area contributed by atoms with E-state index in [-0.39, 0.29) is 22.5 Å². The van der Waals surface area contributed by atoms with Gasteiger partial charge in [0, 0.05) is 12.1 Å². The molecule has 6 nitrogen and oxygen atoms in total. The molecule has 20 heavy (non-hydrogen) atoms. The number of carbonyl (C=O) groups is 1. The van der Waals surface area contributed by atoms with E-state index in [1.165, 1.54) is 13.0 Å². The molecule has 1 heterocycles. The molecular formula is C13H22N2O4S. The lowest BCUT2D eigenvalue weighted by Gasteiger charge is -2.12. The van der Waals surface area contributed by atoms with E-state index in [0.717, 1.165) is 25.7 Å². The zero-order valence-corrected chi connectivity index (χ0v) is 12.9. The highest BCUT2D eigenvalue weighted by atomic mass is 32.2. The number of hydrogen-bond donors (Lipinski definition) is 2. The zero-order valence-electron chi connectivity index (χ0n) is 12.1. The average molecular weight is 302 g/mol. The summed E-state index contributed by atoms with van der Waals surface area (Å²) < 4.78 is 27.7. The van der Waals surface area contributed by atoms with E-state index in [4.69, 9.17) is 9.56 Å². The smallest absolute Gasteiger partial charge is 0.287 e. The molecule has 1 amide bonds. The molecule has 0 aliphatic rings. The molecule has 1 atom stereocenters. The minimum Gasteiger partial charge on any atom is -0.455 e. The maximum Gasteiger partial charge on any atom is 0.287 e. The molecule has 0 aliphatic carbocycles. The Hall–Kier alpha value is -1.34. The molecule has 0 bridgehead atoms. The van der Waals surface area contributed by atoms with Gasteiger partial charge in [0.2, 0.25) is 10.0 Å². The van der Waals surface area contributed by atoms with Crippen LogP contribution in [0.4, 0.5) is 0 Å². The van der Waals surface area contributed by atoms with Crippen LogP contribution < -0.4 is 10.5 Å². The monoisotopic (exact) mass is 302 g/mol. The number of primary sulfonamides is 1. The van der Waals surface area contributed by atoms with Crippen LogP contribution in [0.5, 0.6) is 0 Å². The van der Waals surface area contributed by atoms with Crippen LogP contribution >= 0.6 is 0 Å². The molecule has 3 N–H and O–H groups in total. The van der Waals surface area contributed by atoms with Gasteiger partial charge < -0.3 is 9.73 Å². The first-order chi connectivity index (χ1) is 9.25. The molecule has 0 saturated heterocycles. The van der Waals surface area contributed by atoms with Gasteiger partial charge >= 0.3 is 0 Å². The SMILES string of the molecule is CCCCCC(C)NC(=O)c1cc(S(N)(=O)=O)c(C)o1. The highest BCUT2D eigenvalue weighted by Gasteiger charge is 2.21. The van der Waals surface area contributed by atoms with Crippen molar-refractivity contribution in [2.24, 2.45) is 5.14 Å². The Morgan fingerprint density at radius 1 is 1.45 bits per heavy atom. The van der Waals surface area contributed by atoms with Crippen LogP contribution in [-0.2, 0) is 10.0 Å². The Balaban J connectivity index is 2.69. The molecule has 0 aliphatic heterocycles. The van der Waals surface area contributed by atoms with Crippen molar-refractivity contribution < 1.29 is 17.6 Å². The first-order valence-corrected chi connectivity index (χ1v) is 8.24. The molecule has 7 heteroatoms. The lowest BCUT2D eigenvalue weighted by molar-refractivity contribution is 0.0908. The Bertz CT molecular complexity index is 563. The third kappa shape index (κ3) is 4.64. The van der Waals surface area contributed by atoms with Gasteiger partial charge in [-0.3, -0.25) is 4.79 Å². The van der Waals surface area contributed by atoms with Crippen LogP contribution in [0.1, 0.15) is 55.8 Å². The maximum absolute atomic E-state index is 11.9. The molecule has 114 valence electrons. The van der Waals surface area contributed by atoms with Crippen LogP contribution in [0.3, 0.4) is 0 Å². The standard InChI is InChI=1S/C13H22N2O4S/c1-4-5-6-7-9(2)15-13(16)11-8-12(10(3)19-11)20(14,17)18/h8-9H,4-7H2,1-3H3,(H,15,16)(H2,14,17,18). The molecule has 0 spiro atoms.